The molecule has 72 heavy (non-hydrogen) atoms. The number of hydrogen-bond acceptors (Lipinski definition) is 10. The van der Waals surface area contributed by atoms with Gasteiger partial charge in [-0.2, -0.15) is 8.42 Å². The van der Waals surface area contributed by atoms with Gasteiger partial charge >= 0.3 is 0 Å². The molecule has 17 heteroatoms. The molecule has 2 atom stereocenters. The number of nitrogens with zero attached hydrogens (tertiary/aromatic N) is 3. The van der Waals surface area contributed by atoms with Gasteiger partial charge in [0.1, 0.15) is 47.2 Å². The quantitative estimate of drug-likeness (QED) is 0.0320. The fourth-order valence-corrected chi connectivity index (χ4v) is 10.5. The lowest BCUT2D eigenvalue weighted by Crippen LogP contribution is -2.35. The van der Waals surface area contributed by atoms with Gasteiger partial charge in [0.25, 0.3) is 10.1 Å². The van der Waals surface area contributed by atoms with Gasteiger partial charge in [0.05, 0.1) is 30.3 Å². The van der Waals surface area contributed by atoms with Gasteiger partial charge in [0.15, 0.2) is 5.75 Å². The van der Waals surface area contributed by atoms with Gasteiger partial charge in [0, 0.05) is 68.1 Å². The molecule has 0 bridgehead atoms. The maximum Gasteiger partial charge on any atom is 0.295 e. The predicted octanol–water partition coefficient (Wildman–Crippen LogP) is 9.97. The van der Waals surface area contributed by atoms with Crippen molar-refractivity contribution in [3.8, 4) is 17.2 Å². The molecule has 0 spiro atoms. The zero-order valence-electron chi connectivity index (χ0n) is 42.0. The van der Waals surface area contributed by atoms with Gasteiger partial charge < -0.3 is 29.3 Å². The number of ether oxygens (including phenoxy) is 3. The molecule has 384 valence electrons. The number of carbonyl (C=O) groups is 1. The number of nitrogens with one attached hydrogen (secondary N) is 2. The minimum atomic E-state index is -5.03. The van der Waals surface area contributed by atoms with E-state index >= 15 is 0 Å². The van der Waals surface area contributed by atoms with E-state index in [1.807, 2.05) is 66.8 Å². The van der Waals surface area contributed by atoms with Crippen molar-refractivity contribution >= 4 is 43.1 Å². The minimum absolute atomic E-state index is 0.0526. The van der Waals surface area contributed by atoms with Gasteiger partial charge in [-0.15, -0.1) is 0 Å². The van der Waals surface area contributed by atoms with Crippen LogP contribution in [0.5, 0.6) is 17.2 Å². The second kappa shape index (κ2) is 24.7. The smallest absolute Gasteiger partial charge is 0.295 e. The Labute approximate surface area is 424 Å². The van der Waals surface area contributed by atoms with E-state index < -0.39 is 47.8 Å². The number of carbonyl (C=O) groups excluding carboxylic acids is 1. The zero-order chi connectivity index (χ0) is 52.2. The summed E-state index contributed by atoms with van der Waals surface area (Å²) in [6.07, 6.45) is 14.5. The van der Waals surface area contributed by atoms with Crippen molar-refractivity contribution in [1.29, 1.82) is 0 Å². The average Bonchev–Trinajstić information content (AvgIpc) is 3.36. The normalized spacial score (nSPS) is 16.4. The summed E-state index contributed by atoms with van der Waals surface area (Å²) in [6.45, 7) is 21.2. The molecule has 0 saturated heterocycles. The first-order valence-corrected chi connectivity index (χ1v) is 27.2. The van der Waals surface area contributed by atoms with E-state index in [0.717, 1.165) is 67.8 Å². The maximum atomic E-state index is 14.7. The maximum absolute atomic E-state index is 14.7. The summed E-state index contributed by atoms with van der Waals surface area (Å²) >= 11 is 0. The SMILES string of the molecule is C=C(C1=C2C=CC(=[N+](CC)CC)C=C2OC2C=C(N(CC)CC)C=CC12)/C(=C\C(=C)S(=O)(=O)NCCCCCCNc1ccc(OC)cc1CN(C(C)=O)c1cc(F)ccc1Oc1ccccc1)S(=O)(=O)O. The summed E-state index contributed by atoms with van der Waals surface area (Å²) in [5.74, 6) is 0.563. The van der Waals surface area contributed by atoms with E-state index in [4.69, 9.17) is 14.2 Å². The Morgan fingerprint density at radius 1 is 0.903 bits per heavy atom. The monoisotopic (exact) mass is 1020 g/mol. The Morgan fingerprint density at radius 3 is 2.26 bits per heavy atom. The minimum Gasteiger partial charge on any atom is -0.497 e. The molecule has 2 unspecified atom stereocenters. The van der Waals surface area contributed by atoms with Gasteiger partial charge in [-0.3, -0.25) is 9.35 Å². The zero-order valence-corrected chi connectivity index (χ0v) is 43.6. The van der Waals surface area contributed by atoms with Crippen LogP contribution in [0.15, 0.2) is 160 Å². The molecule has 3 aromatic carbocycles. The number of rotatable bonds is 25. The number of likely N-dealkylation sites (N-methyl/N-ethyl adjacent to an activating group) is 1. The Hall–Kier alpha value is -6.53. The largest absolute Gasteiger partial charge is 0.497 e. The molecule has 0 saturated carbocycles. The fraction of sp³-hybridized carbons (Fsp3) is 0.345. The lowest BCUT2D eigenvalue weighted by molar-refractivity contribution is -0.519. The lowest BCUT2D eigenvalue weighted by atomic mass is 9.78. The molecule has 1 heterocycles. The molecule has 0 radical (unpaired) electrons. The third-order valence-electron chi connectivity index (χ3n) is 12.7. The number of benzene rings is 3. The van der Waals surface area contributed by atoms with Crippen LogP contribution >= 0.6 is 0 Å². The second-order valence-corrected chi connectivity index (χ2v) is 20.5. The number of methoxy groups -OCH3 is 1. The highest BCUT2D eigenvalue weighted by Gasteiger charge is 2.39. The van der Waals surface area contributed by atoms with Crippen LogP contribution in [0.4, 0.5) is 15.8 Å². The van der Waals surface area contributed by atoms with Crippen molar-refractivity contribution in [3.05, 3.63) is 172 Å². The molecule has 2 aliphatic carbocycles. The summed E-state index contributed by atoms with van der Waals surface area (Å²) < 4.78 is 102. The molecule has 1 amide bonds. The van der Waals surface area contributed by atoms with Crippen molar-refractivity contribution in [2.75, 3.05) is 56.6 Å². The predicted molar refractivity (Wildman–Crippen MR) is 284 cm³/mol. The molecular weight excluding hydrogens is 958 g/mol. The highest BCUT2D eigenvalue weighted by Crippen LogP contribution is 2.45. The van der Waals surface area contributed by atoms with Crippen molar-refractivity contribution in [1.82, 2.24) is 9.62 Å². The summed E-state index contributed by atoms with van der Waals surface area (Å²) in [6, 6.07) is 18.5. The number of fused-ring (bicyclic) bond motifs is 2. The average molecular weight is 1030 g/mol. The molecular formula is C55H67FN5O9S2+. The molecule has 1 aliphatic heterocycles. The number of unbranched alkanes of at least 4 members (excludes halogenated alkanes) is 3. The van der Waals surface area contributed by atoms with Gasteiger partial charge in [-0.05, 0) is 124 Å². The standard InChI is InChI=1S/C55H66FN5O9S2/c1-9-59(10-2)43-23-26-47-52(35-43)70-53-36-44(60(11-3)12-4)24-27-48(53)55(47)39(6)54(72(65,66)67)32-38(5)71(63,64)58-31-19-14-13-18-30-57-49-28-25-46(68-8)33-41(49)37-61(40(7)62)50-34-42(56)22-29-51(50)69-45-20-16-15-17-21-45/h15-17,20-29,32-36,47,52,57-58H,5-6,9-14,18-19,30-31,37H2,1-4,7-8H3/p+1/b54-32+. The van der Waals surface area contributed by atoms with Crippen molar-refractivity contribution in [2.45, 2.75) is 73.0 Å². The number of halogens is 1. The van der Waals surface area contributed by atoms with Crippen molar-refractivity contribution < 1.29 is 49.4 Å². The van der Waals surface area contributed by atoms with Gasteiger partial charge in [-0.1, -0.05) is 50.3 Å². The molecule has 0 fully saturated rings. The van der Waals surface area contributed by atoms with Crippen LogP contribution in [-0.2, 0) is 36.2 Å². The van der Waals surface area contributed by atoms with Gasteiger partial charge in [0.2, 0.25) is 21.6 Å². The molecule has 3 N–H and O–H groups in total. The van der Waals surface area contributed by atoms with Crippen LogP contribution in [0.25, 0.3) is 0 Å². The highest BCUT2D eigenvalue weighted by atomic mass is 32.2. The molecule has 0 aromatic heterocycles. The summed E-state index contributed by atoms with van der Waals surface area (Å²) in [5.41, 5.74) is 4.58. The number of anilines is 2. The van der Waals surface area contributed by atoms with Gasteiger partial charge in [-0.25, -0.2) is 22.1 Å². The van der Waals surface area contributed by atoms with E-state index in [2.05, 4.69) is 60.4 Å². The summed E-state index contributed by atoms with van der Waals surface area (Å²) in [5, 5.41) is 3.44. The summed E-state index contributed by atoms with van der Waals surface area (Å²) in [4.78, 5) is 15.5. The highest BCUT2D eigenvalue weighted by molar-refractivity contribution is 7.93. The number of para-hydroxylation sites is 1. The first-order chi connectivity index (χ1) is 34.4. The Balaban J connectivity index is 1.09. The van der Waals surface area contributed by atoms with Crippen LogP contribution in [0.2, 0.25) is 0 Å². The van der Waals surface area contributed by atoms with E-state index in [1.165, 1.54) is 30.0 Å². The first-order valence-electron chi connectivity index (χ1n) is 24.3. The van der Waals surface area contributed by atoms with Crippen LogP contribution in [0.3, 0.4) is 0 Å². The third-order valence-corrected chi connectivity index (χ3v) is 15.0. The van der Waals surface area contributed by atoms with Crippen LogP contribution in [0.1, 0.15) is 65.9 Å². The Bertz CT molecular complexity index is 2970. The first kappa shape index (κ1) is 54.8. The van der Waals surface area contributed by atoms with Crippen LogP contribution in [0, 0.1) is 11.7 Å². The van der Waals surface area contributed by atoms with E-state index in [0.29, 0.717) is 53.5 Å². The topological polar surface area (TPSA) is 167 Å². The van der Waals surface area contributed by atoms with Crippen molar-refractivity contribution in [2.24, 2.45) is 5.92 Å². The second-order valence-electron chi connectivity index (χ2n) is 17.3. The molecule has 3 aliphatic rings. The lowest BCUT2D eigenvalue weighted by Gasteiger charge is -2.38. The third kappa shape index (κ3) is 13.5. The number of hydrogen-bond donors (Lipinski definition) is 3. The number of amides is 1. The van der Waals surface area contributed by atoms with Crippen LogP contribution < -0.4 is 24.4 Å². The van der Waals surface area contributed by atoms with E-state index in [-0.39, 0.29) is 30.3 Å². The molecule has 6 rings (SSSR count). The number of sulfonamides is 1. The van der Waals surface area contributed by atoms with Crippen molar-refractivity contribution in [3.63, 3.8) is 0 Å². The summed E-state index contributed by atoms with van der Waals surface area (Å²) in [7, 11) is -7.78. The van der Waals surface area contributed by atoms with E-state index in [1.54, 1.807) is 25.3 Å². The Kier molecular flexibility index (Phi) is 18.8. The number of allylic oxidation sites excluding steroid dienone is 6. The van der Waals surface area contributed by atoms with Crippen LogP contribution in [-0.4, -0.2) is 95.0 Å². The van der Waals surface area contributed by atoms with E-state index in [9.17, 15) is 30.6 Å². The fourth-order valence-electron chi connectivity index (χ4n) is 8.85. The molecule has 14 nitrogen and oxygen atoms in total. The molecule has 3 aromatic rings. The Morgan fingerprint density at radius 2 is 1.61 bits per heavy atom.